The van der Waals surface area contributed by atoms with E-state index < -0.39 is 30.4 Å². The monoisotopic (exact) mass is 482 g/mol. The number of hydrogen-bond donors (Lipinski definition) is 2. The summed E-state index contributed by atoms with van der Waals surface area (Å²) >= 11 is 2.09. The predicted octanol–water partition coefficient (Wildman–Crippen LogP) is 2.16. The zero-order chi connectivity index (χ0) is 23.7. The molecule has 2 heterocycles. The number of primary amides is 1. The number of methoxy groups -OCH3 is 1. The van der Waals surface area contributed by atoms with Crippen LogP contribution in [-0.4, -0.2) is 56.5 Å². The first-order chi connectivity index (χ1) is 15.2. The van der Waals surface area contributed by atoms with Gasteiger partial charge in [0.15, 0.2) is 12.4 Å². The van der Waals surface area contributed by atoms with Crippen molar-refractivity contribution in [3.05, 3.63) is 38.4 Å². The Labute approximate surface area is 191 Å². The Morgan fingerprint density at radius 1 is 1.09 bits per heavy atom. The molecule has 172 valence electrons. The minimum Gasteiger partial charge on any atom is -0.460 e. The lowest BCUT2D eigenvalue weighted by Gasteiger charge is -2.08. The number of carbonyl (C=O) groups is 5. The van der Waals surface area contributed by atoms with Gasteiger partial charge in [-0.3, -0.25) is 19.2 Å². The molecule has 0 aliphatic heterocycles. The Morgan fingerprint density at radius 2 is 1.84 bits per heavy atom. The lowest BCUT2D eigenvalue weighted by molar-refractivity contribution is -0.147. The molecule has 0 spiro atoms. The fourth-order valence-corrected chi connectivity index (χ4v) is 4.29. The second kappa shape index (κ2) is 12.1. The van der Waals surface area contributed by atoms with E-state index in [0.29, 0.717) is 4.88 Å². The fourth-order valence-electron chi connectivity index (χ4n) is 2.53. The van der Waals surface area contributed by atoms with Crippen LogP contribution in [0.25, 0.3) is 0 Å². The van der Waals surface area contributed by atoms with Crippen LogP contribution in [0.5, 0.6) is 0 Å². The molecule has 0 aromatic carbocycles. The van der Waals surface area contributed by atoms with Crippen LogP contribution in [0.4, 0.5) is 5.00 Å². The number of ether oxygens (including phenoxy) is 3. The van der Waals surface area contributed by atoms with Crippen molar-refractivity contribution >= 4 is 57.2 Å². The zero-order valence-corrected chi connectivity index (χ0v) is 19.1. The third-order valence-electron chi connectivity index (χ3n) is 4.06. The lowest BCUT2D eigenvalue weighted by atomic mass is 10.1. The first-order valence-corrected chi connectivity index (χ1v) is 11.1. The minimum absolute atomic E-state index is 0.0128. The molecule has 0 radical (unpaired) electrons. The van der Waals surface area contributed by atoms with Crippen molar-refractivity contribution in [2.75, 3.05) is 32.2 Å². The van der Waals surface area contributed by atoms with Gasteiger partial charge < -0.3 is 25.3 Å². The molecule has 0 atom stereocenters. The van der Waals surface area contributed by atoms with E-state index in [1.165, 1.54) is 25.4 Å². The summed E-state index contributed by atoms with van der Waals surface area (Å²) in [4.78, 5) is 60.7. The van der Waals surface area contributed by atoms with E-state index >= 15 is 0 Å². The van der Waals surface area contributed by atoms with E-state index in [1.54, 1.807) is 17.5 Å². The van der Waals surface area contributed by atoms with Crippen LogP contribution in [0.15, 0.2) is 17.5 Å². The van der Waals surface area contributed by atoms with Crippen LogP contribution in [0.3, 0.4) is 0 Å². The molecule has 12 heteroatoms. The van der Waals surface area contributed by atoms with Crippen molar-refractivity contribution in [3.8, 4) is 0 Å². The molecule has 0 aliphatic rings. The van der Waals surface area contributed by atoms with Gasteiger partial charge in [0.25, 0.3) is 11.8 Å². The first kappa shape index (κ1) is 25.2. The quantitative estimate of drug-likeness (QED) is 0.265. The molecular formula is C20H22N2O8S2. The summed E-state index contributed by atoms with van der Waals surface area (Å²) in [5.74, 6) is -3.16. The molecule has 0 saturated carbocycles. The Balaban J connectivity index is 1.95. The van der Waals surface area contributed by atoms with Crippen LogP contribution >= 0.6 is 22.7 Å². The molecule has 0 saturated heterocycles. The second-order valence-corrected chi connectivity index (χ2v) is 8.33. The molecule has 2 aromatic rings. The van der Waals surface area contributed by atoms with Gasteiger partial charge in [0.1, 0.15) is 11.6 Å². The van der Waals surface area contributed by atoms with E-state index in [0.717, 1.165) is 11.3 Å². The average molecular weight is 483 g/mol. The topological polar surface area (TPSA) is 151 Å². The van der Waals surface area contributed by atoms with Crippen molar-refractivity contribution in [1.29, 1.82) is 0 Å². The van der Waals surface area contributed by atoms with Crippen LogP contribution in [0.2, 0.25) is 0 Å². The summed E-state index contributed by atoms with van der Waals surface area (Å²) < 4.78 is 14.8. The molecule has 2 amide bonds. The highest BCUT2D eigenvalue weighted by Crippen LogP contribution is 2.33. The van der Waals surface area contributed by atoms with Crippen molar-refractivity contribution in [1.82, 2.24) is 0 Å². The zero-order valence-electron chi connectivity index (χ0n) is 17.4. The van der Waals surface area contributed by atoms with Gasteiger partial charge >= 0.3 is 11.9 Å². The number of Topliss-reactive ketones (excluding diaryl/α,β-unsaturated/α-hetero) is 1. The van der Waals surface area contributed by atoms with Gasteiger partial charge in [-0.2, -0.15) is 0 Å². The van der Waals surface area contributed by atoms with Gasteiger partial charge in [-0.1, -0.05) is 6.07 Å². The molecule has 2 rings (SSSR count). The standard InChI is InChI=1S/C20H22N2O8S2/c1-11-16(20(27)29-8-7-28-2)19(32-17(11)18(21)26)22-14(24)10-30-15(25)6-5-12(23)13-4-3-9-31-13/h3-4,9H,5-8,10H2,1-2H3,(H2,21,26)(H,22,24). The number of thiophene rings is 2. The third-order valence-corrected chi connectivity index (χ3v) is 6.20. The SMILES string of the molecule is COCCOC(=O)c1c(NC(=O)COC(=O)CCC(=O)c2cccs2)sc(C(N)=O)c1C. The summed E-state index contributed by atoms with van der Waals surface area (Å²) in [6.45, 7) is 1.02. The Hall–Kier alpha value is -3.09. The molecular weight excluding hydrogens is 460 g/mol. The number of ketones is 1. The van der Waals surface area contributed by atoms with E-state index in [4.69, 9.17) is 19.9 Å². The largest absolute Gasteiger partial charge is 0.460 e. The number of esters is 2. The highest BCUT2D eigenvalue weighted by Gasteiger charge is 2.26. The van der Waals surface area contributed by atoms with Crippen molar-refractivity contribution in [2.24, 2.45) is 5.73 Å². The van der Waals surface area contributed by atoms with E-state index in [1.807, 2.05) is 0 Å². The number of amides is 2. The number of carbonyl (C=O) groups excluding carboxylic acids is 5. The van der Waals surface area contributed by atoms with Crippen LogP contribution in [-0.2, 0) is 23.8 Å². The second-order valence-electron chi connectivity index (χ2n) is 6.36. The molecule has 0 aliphatic carbocycles. The summed E-state index contributed by atoms with van der Waals surface area (Å²) in [5.41, 5.74) is 5.59. The molecule has 0 unspecified atom stereocenters. The van der Waals surface area contributed by atoms with E-state index in [-0.39, 0.29) is 52.8 Å². The van der Waals surface area contributed by atoms with Crippen LogP contribution in [0.1, 0.15) is 48.1 Å². The van der Waals surface area contributed by atoms with Crippen molar-refractivity contribution in [2.45, 2.75) is 19.8 Å². The number of rotatable bonds is 12. The van der Waals surface area contributed by atoms with Gasteiger partial charge in [-0.15, -0.1) is 22.7 Å². The van der Waals surface area contributed by atoms with Crippen LogP contribution in [0, 0.1) is 6.92 Å². The summed E-state index contributed by atoms with van der Waals surface area (Å²) in [5, 5.41) is 4.24. The van der Waals surface area contributed by atoms with Crippen molar-refractivity contribution in [3.63, 3.8) is 0 Å². The number of nitrogens with two attached hydrogens (primary N) is 1. The minimum atomic E-state index is -0.763. The number of anilines is 1. The molecule has 32 heavy (non-hydrogen) atoms. The normalized spacial score (nSPS) is 10.4. The lowest BCUT2D eigenvalue weighted by Crippen LogP contribution is -2.22. The maximum atomic E-state index is 12.4. The predicted molar refractivity (Wildman–Crippen MR) is 117 cm³/mol. The maximum Gasteiger partial charge on any atom is 0.341 e. The molecule has 3 N–H and O–H groups in total. The summed E-state index contributed by atoms with van der Waals surface area (Å²) in [7, 11) is 1.44. The van der Waals surface area contributed by atoms with Gasteiger partial charge in [-0.05, 0) is 23.9 Å². The molecule has 0 fully saturated rings. The van der Waals surface area contributed by atoms with Gasteiger partial charge in [0.05, 0.1) is 28.3 Å². The molecule has 10 nitrogen and oxygen atoms in total. The van der Waals surface area contributed by atoms with Crippen molar-refractivity contribution < 1.29 is 38.2 Å². The maximum absolute atomic E-state index is 12.4. The first-order valence-electron chi connectivity index (χ1n) is 9.36. The van der Waals surface area contributed by atoms with Gasteiger partial charge in [0, 0.05) is 13.5 Å². The van der Waals surface area contributed by atoms with Gasteiger partial charge in [0.2, 0.25) is 0 Å². The van der Waals surface area contributed by atoms with Crippen LogP contribution < -0.4 is 11.1 Å². The van der Waals surface area contributed by atoms with Gasteiger partial charge in [-0.25, -0.2) is 4.79 Å². The highest BCUT2D eigenvalue weighted by molar-refractivity contribution is 7.18. The fraction of sp³-hybridized carbons (Fsp3) is 0.350. The average Bonchev–Trinajstić information content (AvgIpc) is 3.39. The summed E-state index contributed by atoms with van der Waals surface area (Å²) in [6.07, 6.45) is -0.213. The van der Waals surface area contributed by atoms with E-state index in [9.17, 15) is 24.0 Å². The number of nitrogens with one attached hydrogen (secondary N) is 1. The van der Waals surface area contributed by atoms with E-state index in [2.05, 4.69) is 5.32 Å². The highest BCUT2D eigenvalue weighted by atomic mass is 32.1. The number of hydrogen-bond acceptors (Lipinski definition) is 10. The molecule has 2 aromatic heterocycles. The Kier molecular flexibility index (Phi) is 9.50. The third kappa shape index (κ3) is 6.97. The Bertz CT molecular complexity index is 998. The Morgan fingerprint density at radius 3 is 2.47 bits per heavy atom. The summed E-state index contributed by atoms with van der Waals surface area (Å²) in [6, 6.07) is 3.39. The molecule has 0 bridgehead atoms. The smallest absolute Gasteiger partial charge is 0.341 e.